The molecule has 1 unspecified atom stereocenters. The van der Waals surface area contributed by atoms with Crippen LogP contribution in [0.25, 0.3) is 0 Å². The van der Waals surface area contributed by atoms with E-state index in [1.54, 1.807) is 0 Å². The molecule has 1 aliphatic rings. The first-order valence-corrected chi connectivity index (χ1v) is 7.21. The van der Waals surface area contributed by atoms with Gasteiger partial charge in [-0.1, -0.05) is 36.8 Å². The molecule has 0 saturated carbocycles. The monoisotopic (exact) mass is 261 g/mol. The minimum absolute atomic E-state index is 0.129. The highest BCUT2D eigenvalue weighted by atomic mass is 16.5. The molecule has 1 atom stereocenters. The predicted octanol–water partition coefficient (Wildman–Crippen LogP) is 2.82. The molecule has 3 nitrogen and oxygen atoms in total. The lowest BCUT2D eigenvalue weighted by molar-refractivity contribution is -0.136. The lowest BCUT2D eigenvalue weighted by Crippen LogP contribution is -2.36. The average molecular weight is 261 g/mol. The molecule has 2 rings (SSSR count). The Hall–Kier alpha value is -1.35. The quantitative estimate of drug-likeness (QED) is 0.834. The summed E-state index contributed by atoms with van der Waals surface area (Å²) >= 11 is 0. The fourth-order valence-electron chi connectivity index (χ4n) is 2.65. The number of carbonyl (C=O) groups is 1. The number of hydrogen-bond donors (Lipinski definition) is 0. The number of likely N-dealkylation sites (tertiary alicyclic amines) is 1. The highest BCUT2D eigenvalue weighted by molar-refractivity contribution is 5.77. The Morgan fingerprint density at radius 1 is 1.32 bits per heavy atom. The number of carbonyl (C=O) groups excluding carboxylic acids is 1. The van der Waals surface area contributed by atoms with Crippen LogP contribution in [-0.4, -0.2) is 37.1 Å². The largest absolute Gasteiger partial charge is 0.372 e. The smallest absolute Gasteiger partial charge is 0.248 e. The van der Waals surface area contributed by atoms with Crippen LogP contribution in [0.15, 0.2) is 30.3 Å². The molecule has 0 spiro atoms. The molecule has 0 bridgehead atoms. The van der Waals surface area contributed by atoms with Crippen LogP contribution in [0.3, 0.4) is 0 Å². The number of hydrogen-bond acceptors (Lipinski definition) is 2. The van der Waals surface area contributed by atoms with E-state index >= 15 is 0 Å². The summed E-state index contributed by atoms with van der Waals surface area (Å²) in [6.07, 6.45) is 3.46. The van der Waals surface area contributed by atoms with E-state index in [0.717, 1.165) is 19.5 Å². The molecule has 1 heterocycles. The van der Waals surface area contributed by atoms with Crippen LogP contribution in [0.5, 0.6) is 0 Å². The molecule has 1 saturated heterocycles. The third-order valence-electron chi connectivity index (χ3n) is 3.72. The molecule has 3 heteroatoms. The lowest BCUT2D eigenvalue weighted by atomic mass is 9.94. The molecule has 104 valence electrons. The molecule has 0 radical (unpaired) electrons. The molecule has 1 aliphatic heterocycles. The fourth-order valence-corrected chi connectivity index (χ4v) is 2.65. The zero-order valence-electron chi connectivity index (χ0n) is 11.7. The molecule has 0 aliphatic carbocycles. The van der Waals surface area contributed by atoms with Crippen LogP contribution < -0.4 is 0 Å². The predicted molar refractivity (Wildman–Crippen MR) is 76.1 cm³/mol. The maximum Gasteiger partial charge on any atom is 0.248 e. The number of ether oxygens (including phenoxy) is 1. The van der Waals surface area contributed by atoms with Crippen LogP contribution in [0.2, 0.25) is 0 Å². The first-order valence-electron chi connectivity index (χ1n) is 7.21. The van der Waals surface area contributed by atoms with Crippen LogP contribution in [-0.2, 0) is 9.53 Å². The Kier molecular flexibility index (Phi) is 5.40. The standard InChI is InChI=1S/C16H23NO2/c1-2-19-13-16(18)17-11-7-6-10-15(12-17)14-8-4-3-5-9-14/h3-5,8-9,15H,2,6-7,10-13H2,1H3. The Balaban J connectivity index is 2.00. The van der Waals surface area contributed by atoms with Gasteiger partial charge in [-0.25, -0.2) is 0 Å². The van der Waals surface area contributed by atoms with Gasteiger partial charge in [-0.3, -0.25) is 4.79 Å². The Bertz CT molecular complexity index is 391. The zero-order chi connectivity index (χ0) is 13.5. The van der Waals surface area contributed by atoms with Gasteiger partial charge in [0.25, 0.3) is 0 Å². The molecule has 19 heavy (non-hydrogen) atoms. The van der Waals surface area contributed by atoms with Crippen LogP contribution in [0, 0.1) is 0 Å². The molecule has 1 aromatic carbocycles. The molecular formula is C16H23NO2. The van der Waals surface area contributed by atoms with Crippen LogP contribution >= 0.6 is 0 Å². The Morgan fingerprint density at radius 2 is 2.11 bits per heavy atom. The van der Waals surface area contributed by atoms with Crippen molar-refractivity contribution in [3.8, 4) is 0 Å². The van der Waals surface area contributed by atoms with E-state index in [2.05, 4.69) is 24.3 Å². The van der Waals surface area contributed by atoms with E-state index in [9.17, 15) is 4.79 Å². The second-order valence-corrected chi connectivity index (χ2v) is 5.08. The maximum absolute atomic E-state index is 12.1. The van der Waals surface area contributed by atoms with Crippen molar-refractivity contribution in [3.63, 3.8) is 0 Å². The Morgan fingerprint density at radius 3 is 2.84 bits per heavy atom. The highest BCUT2D eigenvalue weighted by Crippen LogP contribution is 2.26. The summed E-state index contributed by atoms with van der Waals surface area (Å²) in [5.74, 6) is 0.596. The second-order valence-electron chi connectivity index (χ2n) is 5.08. The van der Waals surface area contributed by atoms with Crippen molar-refractivity contribution in [2.24, 2.45) is 0 Å². The van der Waals surface area contributed by atoms with Crippen LogP contribution in [0.1, 0.15) is 37.7 Å². The summed E-state index contributed by atoms with van der Waals surface area (Å²) in [6.45, 7) is 4.44. The van der Waals surface area contributed by atoms with Crippen molar-refractivity contribution in [1.29, 1.82) is 0 Å². The molecule has 1 fully saturated rings. The summed E-state index contributed by atoms with van der Waals surface area (Å²) < 4.78 is 5.24. The molecule has 1 amide bonds. The minimum atomic E-state index is 0.129. The maximum atomic E-state index is 12.1. The number of benzene rings is 1. The van der Waals surface area contributed by atoms with Gasteiger partial charge in [0.15, 0.2) is 0 Å². The molecule has 0 aromatic heterocycles. The van der Waals surface area contributed by atoms with E-state index < -0.39 is 0 Å². The summed E-state index contributed by atoms with van der Waals surface area (Å²) in [5.41, 5.74) is 1.35. The molecule has 1 aromatic rings. The van der Waals surface area contributed by atoms with Crippen LogP contribution in [0.4, 0.5) is 0 Å². The summed E-state index contributed by atoms with van der Waals surface area (Å²) in [7, 11) is 0. The fraction of sp³-hybridized carbons (Fsp3) is 0.562. The second kappa shape index (κ2) is 7.29. The van der Waals surface area contributed by atoms with E-state index in [4.69, 9.17) is 4.74 Å². The summed E-state index contributed by atoms with van der Waals surface area (Å²) in [4.78, 5) is 14.1. The zero-order valence-corrected chi connectivity index (χ0v) is 11.7. The van der Waals surface area contributed by atoms with Gasteiger partial charge in [0, 0.05) is 25.6 Å². The number of rotatable bonds is 4. The minimum Gasteiger partial charge on any atom is -0.372 e. The van der Waals surface area contributed by atoms with Crippen molar-refractivity contribution in [3.05, 3.63) is 35.9 Å². The van der Waals surface area contributed by atoms with Crippen molar-refractivity contribution in [2.45, 2.75) is 32.1 Å². The highest BCUT2D eigenvalue weighted by Gasteiger charge is 2.22. The van der Waals surface area contributed by atoms with Crippen molar-refractivity contribution in [1.82, 2.24) is 4.90 Å². The normalized spacial score (nSPS) is 20.1. The van der Waals surface area contributed by atoms with Gasteiger partial charge in [-0.15, -0.1) is 0 Å². The van der Waals surface area contributed by atoms with Crippen molar-refractivity contribution < 1.29 is 9.53 Å². The average Bonchev–Trinajstić information content (AvgIpc) is 2.71. The van der Waals surface area contributed by atoms with Gasteiger partial charge < -0.3 is 9.64 Å². The molecular weight excluding hydrogens is 238 g/mol. The number of nitrogens with zero attached hydrogens (tertiary/aromatic N) is 1. The van der Waals surface area contributed by atoms with Crippen molar-refractivity contribution in [2.75, 3.05) is 26.3 Å². The van der Waals surface area contributed by atoms with E-state index in [-0.39, 0.29) is 12.5 Å². The van der Waals surface area contributed by atoms with Gasteiger partial charge in [-0.05, 0) is 25.3 Å². The van der Waals surface area contributed by atoms with Gasteiger partial charge in [-0.2, -0.15) is 0 Å². The molecule has 0 N–H and O–H groups in total. The third kappa shape index (κ3) is 4.06. The van der Waals surface area contributed by atoms with E-state index in [0.29, 0.717) is 12.5 Å². The Labute approximate surface area is 115 Å². The van der Waals surface area contributed by atoms with Gasteiger partial charge in [0.1, 0.15) is 6.61 Å². The number of amides is 1. The van der Waals surface area contributed by atoms with E-state index in [1.165, 1.54) is 18.4 Å². The first-order chi connectivity index (χ1) is 9.31. The lowest BCUT2D eigenvalue weighted by Gasteiger charge is -2.24. The topological polar surface area (TPSA) is 29.5 Å². The first kappa shape index (κ1) is 14.1. The van der Waals surface area contributed by atoms with Gasteiger partial charge in [0.05, 0.1) is 0 Å². The SMILES string of the molecule is CCOCC(=O)N1CCCCC(c2ccccc2)C1. The van der Waals surface area contributed by atoms with Crippen molar-refractivity contribution >= 4 is 5.91 Å². The summed E-state index contributed by atoms with van der Waals surface area (Å²) in [5, 5.41) is 0. The van der Waals surface area contributed by atoms with Gasteiger partial charge >= 0.3 is 0 Å². The summed E-state index contributed by atoms with van der Waals surface area (Å²) in [6, 6.07) is 10.5. The van der Waals surface area contributed by atoms with E-state index in [1.807, 2.05) is 17.9 Å². The van der Waals surface area contributed by atoms with Gasteiger partial charge in [0.2, 0.25) is 5.91 Å². The third-order valence-corrected chi connectivity index (χ3v) is 3.72.